The van der Waals surface area contributed by atoms with E-state index >= 15 is 0 Å². The van der Waals surface area contributed by atoms with E-state index in [0.29, 0.717) is 0 Å². The molecule has 2 aromatic rings. The highest BCUT2D eigenvalue weighted by atomic mass is 32.2. The van der Waals surface area contributed by atoms with Gasteiger partial charge in [-0.3, -0.25) is 0 Å². The quantitative estimate of drug-likeness (QED) is 0.897. The summed E-state index contributed by atoms with van der Waals surface area (Å²) in [6, 6.07) is 8.38. The van der Waals surface area contributed by atoms with Gasteiger partial charge in [-0.1, -0.05) is 6.07 Å². The molecule has 0 aliphatic heterocycles. The molecule has 21 heavy (non-hydrogen) atoms. The summed E-state index contributed by atoms with van der Waals surface area (Å²) in [5, 5.41) is 13.7. The van der Waals surface area contributed by atoms with Crippen molar-refractivity contribution in [1.82, 2.24) is 0 Å². The van der Waals surface area contributed by atoms with Crippen LogP contribution in [0.3, 0.4) is 0 Å². The fraction of sp³-hybridized carbons (Fsp3) is 0. The molecule has 0 atom stereocenters. The molecule has 0 bridgehead atoms. The van der Waals surface area contributed by atoms with Crippen LogP contribution in [0.15, 0.2) is 47.4 Å². The van der Waals surface area contributed by atoms with Gasteiger partial charge in [-0.25, -0.2) is 22.7 Å². The maximum Gasteiger partial charge on any atom is 0.335 e. The molecule has 0 unspecified atom stereocenters. The van der Waals surface area contributed by atoms with Gasteiger partial charge in [0.25, 0.3) is 0 Å². The predicted octanol–water partition coefficient (Wildman–Crippen LogP) is 1.96. The molecule has 0 heterocycles. The van der Waals surface area contributed by atoms with Crippen LogP contribution in [0, 0.1) is 5.82 Å². The largest absolute Gasteiger partial charge is 0.478 e. The van der Waals surface area contributed by atoms with Gasteiger partial charge in [-0.05, 0) is 36.4 Å². The summed E-state index contributed by atoms with van der Waals surface area (Å²) in [5.41, 5.74) is -0.0194. The van der Waals surface area contributed by atoms with Crippen LogP contribution < -0.4 is 9.88 Å². The van der Waals surface area contributed by atoms with Gasteiger partial charge in [0.2, 0.25) is 10.0 Å². The number of carboxylic acid groups (broad SMARTS) is 1. The number of sulfonamides is 1. The van der Waals surface area contributed by atoms with Crippen molar-refractivity contribution in [3.05, 3.63) is 53.8 Å². The molecule has 2 aromatic carbocycles. The summed E-state index contributed by atoms with van der Waals surface area (Å²) >= 11 is 0. The number of primary sulfonamides is 1. The van der Waals surface area contributed by atoms with Crippen LogP contribution >= 0.6 is 0 Å². The zero-order chi connectivity index (χ0) is 15.6. The lowest BCUT2D eigenvalue weighted by molar-refractivity contribution is 0.0696. The Labute approximate surface area is 119 Å². The average molecular weight is 311 g/mol. The minimum absolute atomic E-state index is 0.0194. The molecule has 0 spiro atoms. The van der Waals surface area contributed by atoms with E-state index in [1.807, 2.05) is 0 Å². The molecule has 8 heteroatoms. The smallest absolute Gasteiger partial charge is 0.335 e. The van der Waals surface area contributed by atoms with Crippen LogP contribution in [0.4, 0.5) is 4.39 Å². The molecule has 0 aliphatic rings. The molecular formula is C13H10FNO5S. The maximum atomic E-state index is 13.8. The monoisotopic (exact) mass is 311 g/mol. The van der Waals surface area contributed by atoms with Crippen molar-refractivity contribution in [2.45, 2.75) is 4.90 Å². The van der Waals surface area contributed by atoms with E-state index in [1.165, 1.54) is 24.3 Å². The molecule has 0 radical (unpaired) electrons. The third-order valence-corrected chi connectivity index (χ3v) is 3.45. The number of carbonyl (C=O) groups is 1. The zero-order valence-corrected chi connectivity index (χ0v) is 11.3. The number of carboxylic acids is 1. The Morgan fingerprint density at radius 3 is 2.48 bits per heavy atom. The number of halogens is 1. The van der Waals surface area contributed by atoms with E-state index in [2.05, 4.69) is 0 Å². The van der Waals surface area contributed by atoms with E-state index in [4.69, 9.17) is 15.0 Å². The highest BCUT2D eigenvalue weighted by molar-refractivity contribution is 7.89. The molecular weight excluding hydrogens is 301 g/mol. The normalized spacial score (nSPS) is 11.1. The third-order valence-electron chi connectivity index (χ3n) is 2.54. The molecule has 110 valence electrons. The Bertz CT molecular complexity index is 804. The Morgan fingerprint density at radius 2 is 1.90 bits per heavy atom. The van der Waals surface area contributed by atoms with Crippen LogP contribution in [0.25, 0.3) is 0 Å². The van der Waals surface area contributed by atoms with E-state index in [-0.39, 0.29) is 22.0 Å². The first kappa shape index (κ1) is 14.9. The first-order valence-corrected chi connectivity index (χ1v) is 7.15. The molecule has 6 nitrogen and oxygen atoms in total. The van der Waals surface area contributed by atoms with Gasteiger partial charge < -0.3 is 9.84 Å². The number of nitrogens with two attached hydrogens (primary N) is 1. The topological polar surface area (TPSA) is 107 Å². The highest BCUT2D eigenvalue weighted by Gasteiger charge is 2.13. The Hall–Kier alpha value is -2.45. The Kier molecular flexibility index (Phi) is 3.92. The summed E-state index contributed by atoms with van der Waals surface area (Å²) in [5.74, 6) is -2.21. The van der Waals surface area contributed by atoms with E-state index in [9.17, 15) is 17.6 Å². The third kappa shape index (κ3) is 3.56. The second kappa shape index (κ2) is 5.51. The molecule has 0 fully saturated rings. The molecule has 0 saturated carbocycles. The van der Waals surface area contributed by atoms with Gasteiger partial charge in [-0.2, -0.15) is 0 Å². The van der Waals surface area contributed by atoms with E-state index in [1.54, 1.807) is 0 Å². The van der Waals surface area contributed by atoms with Gasteiger partial charge in [-0.15, -0.1) is 0 Å². The fourth-order valence-corrected chi connectivity index (χ4v) is 2.09. The van der Waals surface area contributed by atoms with Crippen LogP contribution in [-0.2, 0) is 10.0 Å². The number of aromatic carboxylic acids is 1. The van der Waals surface area contributed by atoms with Gasteiger partial charge in [0.15, 0.2) is 11.6 Å². The minimum atomic E-state index is -4.01. The van der Waals surface area contributed by atoms with E-state index < -0.39 is 21.8 Å². The van der Waals surface area contributed by atoms with Crippen molar-refractivity contribution < 1.29 is 27.4 Å². The molecule has 3 N–H and O–H groups in total. The Balaban J connectivity index is 2.32. The van der Waals surface area contributed by atoms with Crippen LogP contribution in [-0.4, -0.2) is 19.5 Å². The van der Waals surface area contributed by atoms with Crippen molar-refractivity contribution >= 4 is 16.0 Å². The number of hydrogen-bond acceptors (Lipinski definition) is 4. The summed E-state index contributed by atoms with van der Waals surface area (Å²) in [6.07, 6.45) is 0. The number of rotatable bonds is 4. The maximum absolute atomic E-state index is 13.8. The summed E-state index contributed by atoms with van der Waals surface area (Å²) in [4.78, 5) is 10.4. The van der Waals surface area contributed by atoms with Crippen LogP contribution in [0.1, 0.15) is 10.4 Å². The SMILES string of the molecule is NS(=O)(=O)c1ccc(Oc2cccc(C(=O)O)c2)c(F)c1. The van der Waals surface area contributed by atoms with Crippen molar-refractivity contribution in [3.63, 3.8) is 0 Å². The second-order valence-corrected chi connectivity index (χ2v) is 5.63. The number of hydrogen-bond donors (Lipinski definition) is 2. The van der Waals surface area contributed by atoms with Crippen molar-refractivity contribution in [3.8, 4) is 11.5 Å². The van der Waals surface area contributed by atoms with Crippen molar-refractivity contribution in [2.24, 2.45) is 5.14 Å². The molecule has 0 saturated heterocycles. The zero-order valence-electron chi connectivity index (χ0n) is 10.5. The molecule has 2 rings (SSSR count). The standard InChI is InChI=1S/C13H10FNO5S/c14-11-7-10(21(15,18)19)4-5-12(11)20-9-3-1-2-8(6-9)13(16)17/h1-7H,(H,16,17)(H2,15,18,19). The minimum Gasteiger partial charge on any atom is -0.478 e. The number of ether oxygens (including phenoxy) is 1. The van der Waals surface area contributed by atoms with Gasteiger partial charge in [0.1, 0.15) is 5.75 Å². The summed E-state index contributed by atoms with van der Waals surface area (Å²) in [7, 11) is -4.01. The molecule has 0 aromatic heterocycles. The lowest BCUT2D eigenvalue weighted by atomic mass is 10.2. The van der Waals surface area contributed by atoms with Crippen molar-refractivity contribution in [1.29, 1.82) is 0 Å². The van der Waals surface area contributed by atoms with Gasteiger partial charge in [0.05, 0.1) is 10.5 Å². The first-order valence-electron chi connectivity index (χ1n) is 5.61. The lowest BCUT2D eigenvalue weighted by Gasteiger charge is -2.08. The first-order chi connectivity index (χ1) is 9.77. The average Bonchev–Trinajstić information content (AvgIpc) is 2.40. The molecule has 0 aliphatic carbocycles. The fourth-order valence-electron chi connectivity index (χ4n) is 1.56. The Morgan fingerprint density at radius 1 is 1.19 bits per heavy atom. The second-order valence-electron chi connectivity index (χ2n) is 4.07. The number of benzene rings is 2. The van der Waals surface area contributed by atoms with Crippen LogP contribution in [0.2, 0.25) is 0 Å². The summed E-state index contributed by atoms with van der Waals surface area (Å²) in [6.45, 7) is 0. The van der Waals surface area contributed by atoms with Crippen molar-refractivity contribution in [2.75, 3.05) is 0 Å². The molecule has 0 amide bonds. The predicted molar refractivity (Wildman–Crippen MR) is 71.2 cm³/mol. The lowest BCUT2D eigenvalue weighted by Crippen LogP contribution is -2.12. The van der Waals surface area contributed by atoms with E-state index in [0.717, 1.165) is 18.2 Å². The van der Waals surface area contributed by atoms with Crippen LogP contribution in [0.5, 0.6) is 11.5 Å². The summed E-state index contributed by atoms with van der Waals surface area (Å²) < 4.78 is 41.1. The van der Waals surface area contributed by atoms with Gasteiger partial charge in [0, 0.05) is 0 Å². The highest BCUT2D eigenvalue weighted by Crippen LogP contribution is 2.26. The van der Waals surface area contributed by atoms with Gasteiger partial charge >= 0.3 is 5.97 Å².